The number of anilines is 1. The van der Waals surface area contributed by atoms with Crippen molar-refractivity contribution in [2.24, 2.45) is 5.73 Å². The van der Waals surface area contributed by atoms with Crippen molar-refractivity contribution in [3.05, 3.63) is 45.7 Å². The molecule has 0 radical (unpaired) electrons. The minimum atomic E-state index is -3.63. The summed E-state index contributed by atoms with van der Waals surface area (Å²) in [5.41, 5.74) is 5.95. The van der Waals surface area contributed by atoms with Crippen molar-refractivity contribution in [3.8, 4) is 0 Å². The summed E-state index contributed by atoms with van der Waals surface area (Å²) in [6.07, 6.45) is 0. The fourth-order valence-electron chi connectivity index (χ4n) is 1.34. The number of benzene rings is 1. The van der Waals surface area contributed by atoms with Gasteiger partial charge in [-0.15, -0.1) is 11.3 Å². The van der Waals surface area contributed by atoms with Crippen LogP contribution in [0.4, 0.5) is 5.69 Å². The summed E-state index contributed by atoms with van der Waals surface area (Å²) in [4.78, 5) is 0.759. The number of nitrogens with one attached hydrogen (secondary N) is 1. The van der Waals surface area contributed by atoms with Gasteiger partial charge in [-0.2, -0.15) is 0 Å². The molecule has 1 heterocycles. The van der Waals surface area contributed by atoms with Gasteiger partial charge in [-0.3, -0.25) is 4.72 Å². The fourth-order valence-corrected chi connectivity index (χ4v) is 4.28. The highest BCUT2D eigenvalue weighted by Crippen LogP contribution is 2.27. The van der Waals surface area contributed by atoms with Gasteiger partial charge in [0.15, 0.2) is 0 Å². The highest BCUT2D eigenvalue weighted by molar-refractivity contribution is 9.10. The van der Waals surface area contributed by atoms with E-state index in [4.69, 9.17) is 18.0 Å². The Hall–Kier alpha value is -0.960. The van der Waals surface area contributed by atoms with E-state index in [-0.39, 0.29) is 9.20 Å². The van der Waals surface area contributed by atoms with Crippen LogP contribution >= 0.6 is 39.5 Å². The number of thiophene rings is 1. The third-order valence-electron chi connectivity index (χ3n) is 2.21. The van der Waals surface area contributed by atoms with Crippen LogP contribution in [0.25, 0.3) is 0 Å². The van der Waals surface area contributed by atoms with Gasteiger partial charge in [0.1, 0.15) is 9.20 Å². The molecule has 0 bridgehead atoms. The fraction of sp³-hybridized carbons (Fsp3) is 0. The van der Waals surface area contributed by atoms with Crippen LogP contribution in [0.15, 0.2) is 45.1 Å². The summed E-state index contributed by atoms with van der Waals surface area (Å²) >= 11 is 9.14. The molecular weight excluding hydrogens is 368 g/mol. The summed E-state index contributed by atoms with van der Waals surface area (Å²) < 4.78 is 27.7. The van der Waals surface area contributed by atoms with Crippen molar-refractivity contribution in [2.45, 2.75) is 4.21 Å². The molecule has 0 spiro atoms. The Kier molecular flexibility index (Phi) is 4.24. The predicted molar refractivity (Wildman–Crippen MR) is 85.2 cm³/mol. The van der Waals surface area contributed by atoms with E-state index in [1.165, 1.54) is 6.07 Å². The van der Waals surface area contributed by atoms with Crippen molar-refractivity contribution < 1.29 is 8.42 Å². The first-order chi connectivity index (χ1) is 8.90. The molecule has 0 aliphatic rings. The summed E-state index contributed by atoms with van der Waals surface area (Å²) in [7, 11) is -3.63. The molecule has 100 valence electrons. The third-order valence-corrected chi connectivity index (χ3v) is 6.22. The number of nitrogens with two attached hydrogens (primary N) is 1. The molecule has 0 saturated carbocycles. The average molecular weight is 377 g/mol. The normalized spacial score (nSPS) is 11.2. The van der Waals surface area contributed by atoms with Gasteiger partial charge >= 0.3 is 0 Å². The van der Waals surface area contributed by atoms with Crippen molar-refractivity contribution in [2.75, 3.05) is 4.72 Å². The summed E-state index contributed by atoms with van der Waals surface area (Å²) in [6.45, 7) is 0. The molecule has 2 aromatic rings. The third kappa shape index (κ3) is 3.33. The Morgan fingerprint density at radius 2 is 1.95 bits per heavy atom. The molecule has 1 aromatic carbocycles. The zero-order chi connectivity index (χ0) is 14.0. The lowest BCUT2D eigenvalue weighted by Gasteiger charge is -2.07. The van der Waals surface area contributed by atoms with Gasteiger partial charge < -0.3 is 5.73 Å². The van der Waals surface area contributed by atoms with Crippen LogP contribution in [0.3, 0.4) is 0 Å². The molecule has 0 amide bonds. The maximum atomic E-state index is 12.2. The number of halogens is 1. The molecule has 3 N–H and O–H groups in total. The van der Waals surface area contributed by atoms with Gasteiger partial charge in [0.05, 0.1) is 10.6 Å². The van der Waals surface area contributed by atoms with Crippen LogP contribution in [0.1, 0.15) is 4.88 Å². The zero-order valence-electron chi connectivity index (χ0n) is 9.46. The van der Waals surface area contributed by atoms with E-state index >= 15 is 0 Å². The van der Waals surface area contributed by atoms with Gasteiger partial charge in [-0.25, -0.2) is 8.42 Å². The van der Waals surface area contributed by atoms with E-state index in [2.05, 4.69) is 20.7 Å². The minimum Gasteiger partial charge on any atom is -0.389 e. The van der Waals surface area contributed by atoms with E-state index < -0.39 is 10.0 Å². The lowest BCUT2D eigenvalue weighted by Crippen LogP contribution is -2.12. The molecule has 4 nitrogen and oxygen atoms in total. The molecule has 0 saturated heterocycles. The van der Waals surface area contributed by atoms with Gasteiger partial charge in [0, 0.05) is 4.47 Å². The first-order valence-electron chi connectivity index (χ1n) is 5.07. The van der Waals surface area contributed by atoms with E-state index in [1.54, 1.807) is 30.3 Å². The largest absolute Gasteiger partial charge is 0.389 e. The van der Waals surface area contributed by atoms with Gasteiger partial charge in [-0.05, 0) is 40.2 Å². The summed E-state index contributed by atoms with van der Waals surface area (Å²) in [6, 6.07) is 10.1. The maximum absolute atomic E-state index is 12.2. The van der Waals surface area contributed by atoms with E-state index in [9.17, 15) is 8.42 Å². The minimum absolute atomic E-state index is 0.172. The first-order valence-corrected chi connectivity index (χ1v) is 8.57. The van der Waals surface area contributed by atoms with Crippen LogP contribution in [0.5, 0.6) is 0 Å². The SMILES string of the molecule is NC(=S)c1ccc(S(=O)(=O)Nc2ccccc2Br)s1. The molecule has 8 heteroatoms. The summed E-state index contributed by atoms with van der Waals surface area (Å²) in [5, 5.41) is 0. The molecular formula is C11H9BrN2O2S3. The van der Waals surface area contributed by atoms with Crippen LogP contribution in [-0.2, 0) is 10.0 Å². The number of rotatable bonds is 4. The number of hydrogen-bond donors (Lipinski definition) is 2. The first kappa shape index (κ1) is 14.4. The molecule has 1 aromatic heterocycles. The number of hydrogen-bond acceptors (Lipinski definition) is 4. The predicted octanol–water partition coefficient (Wildman–Crippen LogP) is 2.95. The molecule has 0 aliphatic heterocycles. The lowest BCUT2D eigenvalue weighted by atomic mass is 10.3. The highest BCUT2D eigenvalue weighted by atomic mass is 79.9. The second-order valence-corrected chi connectivity index (χ2v) is 7.86. The molecule has 2 rings (SSSR count). The van der Waals surface area contributed by atoms with Crippen molar-refractivity contribution in [3.63, 3.8) is 0 Å². The standard InChI is InChI=1S/C11H9BrN2O2S3/c12-7-3-1-2-4-8(7)14-19(15,16)10-6-5-9(18-10)11(13)17/h1-6,14H,(H2,13,17). The Morgan fingerprint density at radius 3 is 2.53 bits per heavy atom. The Balaban J connectivity index is 2.32. The van der Waals surface area contributed by atoms with Crippen LogP contribution in [0.2, 0.25) is 0 Å². The number of para-hydroxylation sites is 1. The van der Waals surface area contributed by atoms with Crippen molar-refractivity contribution in [1.82, 2.24) is 0 Å². The highest BCUT2D eigenvalue weighted by Gasteiger charge is 2.18. The van der Waals surface area contributed by atoms with Gasteiger partial charge in [-0.1, -0.05) is 24.4 Å². The van der Waals surface area contributed by atoms with Crippen LogP contribution < -0.4 is 10.5 Å². The monoisotopic (exact) mass is 376 g/mol. The number of thiocarbonyl (C=S) groups is 1. The van der Waals surface area contributed by atoms with Crippen molar-refractivity contribution in [1.29, 1.82) is 0 Å². The summed E-state index contributed by atoms with van der Waals surface area (Å²) in [5.74, 6) is 0. The zero-order valence-corrected chi connectivity index (χ0v) is 13.5. The Labute approximate surface area is 128 Å². The molecule has 19 heavy (non-hydrogen) atoms. The smallest absolute Gasteiger partial charge is 0.271 e. The number of sulfonamides is 1. The lowest BCUT2D eigenvalue weighted by molar-refractivity contribution is 0.603. The Morgan fingerprint density at radius 1 is 1.26 bits per heavy atom. The van der Waals surface area contributed by atoms with Gasteiger partial charge in [0.2, 0.25) is 0 Å². The molecule has 0 atom stereocenters. The Bertz CT molecular complexity index is 725. The van der Waals surface area contributed by atoms with Crippen molar-refractivity contribution >= 4 is 60.2 Å². The van der Waals surface area contributed by atoms with E-state index in [0.29, 0.717) is 15.0 Å². The van der Waals surface area contributed by atoms with Crippen LogP contribution in [-0.4, -0.2) is 13.4 Å². The molecule has 0 unspecified atom stereocenters. The van der Waals surface area contributed by atoms with E-state index in [1.807, 2.05) is 0 Å². The average Bonchev–Trinajstić information content (AvgIpc) is 2.82. The van der Waals surface area contributed by atoms with Crippen LogP contribution in [0, 0.1) is 0 Å². The molecule has 0 aliphatic carbocycles. The maximum Gasteiger partial charge on any atom is 0.271 e. The molecule has 0 fully saturated rings. The topological polar surface area (TPSA) is 72.2 Å². The second-order valence-electron chi connectivity index (χ2n) is 3.57. The van der Waals surface area contributed by atoms with Gasteiger partial charge in [0.25, 0.3) is 10.0 Å². The van der Waals surface area contributed by atoms with E-state index in [0.717, 1.165) is 11.3 Å². The quantitative estimate of drug-likeness (QED) is 0.804. The second kappa shape index (κ2) is 5.58.